The van der Waals surface area contributed by atoms with E-state index in [2.05, 4.69) is 10.0 Å². The van der Waals surface area contributed by atoms with Crippen molar-refractivity contribution in [2.24, 2.45) is 0 Å². The van der Waals surface area contributed by atoms with E-state index in [1.165, 1.54) is 0 Å². The number of sulfonamides is 1. The molecule has 0 aromatic heterocycles. The van der Waals surface area contributed by atoms with Gasteiger partial charge in [-0.3, -0.25) is 4.90 Å². The van der Waals surface area contributed by atoms with E-state index in [0.717, 1.165) is 19.1 Å². The predicted molar refractivity (Wildman–Crippen MR) is 75.5 cm³/mol. The summed E-state index contributed by atoms with van der Waals surface area (Å²) < 4.78 is 49.5. The monoisotopic (exact) mass is 313 g/mol. The maximum Gasteiger partial charge on any atom is 0.251 e. The van der Waals surface area contributed by atoms with Crippen LogP contribution in [0.15, 0.2) is 0 Å². The number of hydrogen-bond donors (Lipinski definition) is 2. The van der Waals surface area contributed by atoms with Crippen molar-refractivity contribution in [2.75, 3.05) is 32.4 Å². The molecule has 2 N–H and O–H groups in total. The fourth-order valence-corrected chi connectivity index (χ4v) is 3.53. The van der Waals surface area contributed by atoms with E-state index in [9.17, 15) is 17.2 Å². The Morgan fingerprint density at radius 2 is 1.85 bits per heavy atom. The largest absolute Gasteiger partial charge is 0.312 e. The third kappa shape index (κ3) is 7.47. The zero-order chi connectivity index (χ0) is 15.4. The molecule has 5 nitrogen and oxygen atoms in total. The quantitative estimate of drug-likeness (QED) is 0.724. The van der Waals surface area contributed by atoms with E-state index in [1.807, 2.05) is 13.8 Å². The normalized spacial score (nSPS) is 19.7. The molecule has 0 aliphatic carbocycles. The highest BCUT2D eigenvalue weighted by Gasteiger charge is 2.25. The Labute approximate surface area is 120 Å². The molecule has 0 bridgehead atoms. The molecule has 0 aromatic rings. The lowest BCUT2D eigenvalue weighted by atomic mass is 10.0. The molecule has 0 unspecified atom stereocenters. The van der Waals surface area contributed by atoms with Crippen LogP contribution in [0.4, 0.5) is 8.78 Å². The van der Waals surface area contributed by atoms with Gasteiger partial charge in [-0.2, -0.15) is 0 Å². The first kappa shape index (κ1) is 17.7. The topological polar surface area (TPSA) is 61.4 Å². The number of hydrogen-bond acceptors (Lipinski definition) is 4. The van der Waals surface area contributed by atoms with Gasteiger partial charge >= 0.3 is 0 Å². The van der Waals surface area contributed by atoms with Crippen LogP contribution in [0.5, 0.6) is 0 Å². The highest BCUT2D eigenvalue weighted by molar-refractivity contribution is 7.88. The number of likely N-dealkylation sites (tertiary alicyclic amines) is 1. The predicted octanol–water partition coefficient (Wildman–Crippen LogP) is 0.633. The van der Waals surface area contributed by atoms with Crippen LogP contribution in [-0.4, -0.2) is 63.8 Å². The number of nitrogens with zero attached hydrogens (tertiary/aromatic N) is 1. The van der Waals surface area contributed by atoms with Crippen LogP contribution in [0.25, 0.3) is 0 Å². The summed E-state index contributed by atoms with van der Waals surface area (Å²) in [7, 11) is -3.24. The van der Waals surface area contributed by atoms with Gasteiger partial charge in [0.15, 0.2) is 0 Å². The van der Waals surface area contributed by atoms with Crippen LogP contribution in [0, 0.1) is 0 Å². The van der Waals surface area contributed by atoms with Gasteiger partial charge < -0.3 is 5.32 Å². The van der Waals surface area contributed by atoms with Gasteiger partial charge in [0.2, 0.25) is 10.0 Å². The molecule has 120 valence electrons. The molecule has 0 aromatic carbocycles. The van der Waals surface area contributed by atoms with Gasteiger partial charge in [-0.05, 0) is 39.8 Å². The highest BCUT2D eigenvalue weighted by Crippen LogP contribution is 2.13. The average molecular weight is 313 g/mol. The third-order valence-electron chi connectivity index (χ3n) is 3.28. The van der Waals surface area contributed by atoms with Crippen LogP contribution >= 0.6 is 0 Å². The second-order valence-corrected chi connectivity index (χ2v) is 7.85. The summed E-state index contributed by atoms with van der Waals surface area (Å²) in [4.78, 5) is 1.77. The van der Waals surface area contributed by atoms with Crippen LogP contribution in [-0.2, 0) is 10.0 Å². The molecule has 1 rings (SSSR count). The van der Waals surface area contributed by atoms with E-state index < -0.39 is 22.0 Å². The van der Waals surface area contributed by atoms with Crippen molar-refractivity contribution in [1.29, 1.82) is 0 Å². The summed E-state index contributed by atoms with van der Waals surface area (Å²) >= 11 is 0. The molecule has 0 saturated carbocycles. The fraction of sp³-hybridized carbons (Fsp3) is 1.00. The minimum Gasteiger partial charge on any atom is -0.312 e. The van der Waals surface area contributed by atoms with Crippen molar-refractivity contribution in [3.8, 4) is 0 Å². The van der Waals surface area contributed by atoms with Crippen molar-refractivity contribution >= 4 is 10.0 Å². The van der Waals surface area contributed by atoms with Crippen molar-refractivity contribution < 1.29 is 17.2 Å². The summed E-state index contributed by atoms with van der Waals surface area (Å²) in [5, 5.41) is 3.32. The van der Waals surface area contributed by atoms with Gasteiger partial charge in [0.05, 0.1) is 12.8 Å². The third-order valence-corrected chi connectivity index (χ3v) is 4.20. The smallest absolute Gasteiger partial charge is 0.251 e. The second-order valence-electron chi connectivity index (χ2n) is 6.10. The van der Waals surface area contributed by atoms with E-state index in [0.29, 0.717) is 19.6 Å². The van der Waals surface area contributed by atoms with Gasteiger partial charge in [-0.1, -0.05) is 0 Å². The SMILES string of the molecule is CC(C)(CNC1CCN(CC(F)F)CC1)NS(C)(=O)=O. The minimum absolute atomic E-state index is 0.159. The summed E-state index contributed by atoms with van der Waals surface area (Å²) in [6.07, 6.45) is 0.471. The Bertz CT molecular complexity index is 394. The lowest BCUT2D eigenvalue weighted by molar-refractivity contribution is 0.0727. The zero-order valence-electron chi connectivity index (χ0n) is 12.3. The van der Waals surface area contributed by atoms with Crippen LogP contribution < -0.4 is 10.0 Å². The van der Waals surface area contributed by atoms with Crippen LogP contribution in [0.2, 0.25) is 0 Å². The first-order chi connectivity index (χ1) is 9.07. The zero-order valence-corrected chi connectivity index (χ0v) is 13.1. The van der Waals surface area contributed by atoms with Crippen molar-refractivity contribution in [3.05, 3.63) is 0 Å². The Balaban J connectivity index is 2.30. The van der Waals surface area contributed by atoms with Gasteiger partial charge in [0, 0.05) is 18.1 Å². The van der Waals surface area contributed by atoms with Gasteiger partial charge in [-0.25, -0.2) is 21.9 Å². The first-order valence-electron chi connectivity index (χ1n) is 6.80. The molecule has 0 radical (unpaired) electrons. The summed E-state index contributed by atoms with van der Waals surface area (Å²) in [6.45, 7) is 5.29. The molecule has 1 aliphatic heterocycles. The van der Waals surface area contributed by atoms with Gasteiger partial charge in [-0.15, -0.1) is 0 Å². The molecular weight excluding hydrogens is 288 g/mol. The van der Waals surface area contributed by atoms with Gasteiger partial charge in [0.25, 0.3) is 6.43 Å². The first-order valence-corrected chi connectivity index (χ1v) is 8.69. The van der Waals surface area contributed by atoms with E-state index in [-0.39, 0.29) is 12.6 Å². The fourth-order valence-electron chi connectivity index (χ4n) is 2.45. The second kappa shape index (κ2) is 7.11. The molecule has 0 amide bonds. The summed E-state index contributed by atoms with van der Waals surface area (Å²) in [6, 6.07) is 0.254. The van der Waals surface area contributed by atoms with Crippen molar-refractivity contribution in [1.82, 2.24) is 14.9 Å². The highest BCUT2D eigenvalue weighted by atomic mass is 32.2. The summed E-state index contributed by atoms with van der Waals surface area (Å²) in [5.41, 5.74) is -0.562. The molecule has 1 aliphatic rings. The number of halogens is 2. The Morgan fingerprint density at radius 1 is 1.30 bits per heavy atom. The Kier molecular flexibility index (Phi) is 6.30. The minimum atomic E-state index is -3.24. The maximum absolute atomic E-state index is 12.3. The maximum atomic E-state index is 12.3. The van der Waals surface area contributed by atoms with Crippen molar-refractivity contribution in [3.63, 3.8) is 0 Å². The molecule has 1 heterocycles. The van der Waals surface area contributed by atoms with Gasteiger partial charge in [0.1, 0.15) is 0 Å². The molecule has 1 fully saturated rings. The molecule has 0 atom stereocenters. The Morgan fingerprint density at radius 3 is 2.30 bits per heavy atom. The molecule has 0 spiro atoms. The molecular formula is C12H25F2N3O2S. The van der Waals surface area contributed by atoms with E-state index in [1.54, 1.807) is 4.90 Å². The number of nitrogens with one attached hydrogen (secondary N) is 2. The summed E-state index contributed by atoms with van der Waals surface area (Å²) in [5.74, 6) is 0. The molecule has 8 heteroatoms. The number of rotatable bonds is 7. The van der Waals surface area contributed by atoms with E-state index >= 15 is 0 Å². The lowest BCUT2D eigenvalue weighted by Gasteiger charge is -2.34. The Hall–Kier alpha value is -0.310. The number of alkyl halides is 2. The standard InChI is InChI=1S/C12H25F2N3O2S/c1-12(2,16-20(3,18)19)9-15-10-4-6-17(7-5-10)8-11(13)14/h10-11,15-16H,4-9H2,1-3H3. The molecule has 20 heavy (non-hydrogen) atoms. The average Bonchev–Trinajstić information content (AvgIpc) is 2.24. The van der Waals surface area contributed by atoms with Crippen LogP contribution in [0.1, 0.15) is 26.7 Å². The van der Waals surface area contributed by atoms with Crippen LogP contribution in [0.3, 0.4) is 0 Å². The lowest BCUT2D eigenvalue weighted by Crippen LogP contribution is -2.53. The van der Waals surface area contributed by atoms with Crippen molar-refractivity contribution in [2.45, 2.75) is 44.7 Å². The molecule has 1 saturated heterocycles. The number of piperidine rings is 1. The van der Waals surface area contributed by atoms with E-state index in [4.69, 9.17) is 0 Å².